The van der Waals surface area contributed by atoms with Crippen molar-refractivity contribution in [3.05, 3.63) is 102 Å². The molecule has 11 heteroatoms. The van der Waals surface area contributed by atoms with E-state index in [1.165, 1.54) is 11.0 Å². The lowest BCUT2D eigenvalue weighted by Gasteiger charge is -2.36. The molecule has 2 heterocycles. The van der Waals surface area contributed by atoms with Crippen molar-refractivity contribution < 1.29 is 23.4 Å². The number of amides is 1. The minimum Gasteiger partial charge on any atom is -0.497 e. The molecule has 1 aliphatic heterocycles. The van der Waals surface area contributed by atoms with E-state index in [2.05, 4.69) is 38.9 Å². The summed E-state index contributed by atoms with van der Waals surface area (Å²) in [5.41, 5.74) is 2.13. The first-order valence-electron chi connectivity index (χ1n) is 15.9. The minimum atomic E-state index is -0.580. The first-order chi connectivity index (χ1) is 22.8. The molecule has 0 bridgehead atoms. The molecule has 0 spiro atoms. The van der Waals surface area contributed by atoms with Crippen LogP contribution >= 0.6 is 0 Å². The smallest absolute Gasteiger partial charge is 0.416 e. The second-order valence-corrected chi connectivity index (χ2v) is 11.7. The lowest BCUT2D eigenvalue weighted by atomic mass is 10.1. The molecule has 0 aliphatic carbocycles. The van der Waals surface area contributed by atoms with E-state index < -0.39 is 18.0 Å². The van der Waals surface area contributed by atoms with Gasteiger partial charge in [0, 0.05) is 56.7 Å². The summed E-state index contributed by atoms with van der Waals surface area (Å²) in [6.07, 6.45) is 0.961. The standard InChI is InChI=1S/C36H43FN6O4/c1-26(2)42-19-17-41(18-20-42)21-22-46-33-14-13-30(24-32(33)37)39-35-38-16-15-34(40-35)43(27(3)29-10-6-5-7-11-29)36(44)47-25-28-9-8-12-31(23-28)45-4/h5-16,23-24,26-27H,17-22,25H2,1-4H3,(H,38,39,40)/t27-/m0/s1. The average Bonchev–Trinajstić information content (AvgIpc) is 3.09. The Kier molecular flexibility index (Phi) is 11.6. The van der Waals surface area contributed by atoms with E-state index in [0.29, 0.717) is 29.9 Å². The van der Waals surface area contributed by atoms with Gasteiger partial charge in [0.25, 0.3) is 0 Å². The SMILES string of the molecule is COc1cccc(COC(=O)N(c2ccnc(Nc3ccc(OCCN4CCN(C(C)C)CC4)c(F)c3)n2)[C@@H](C)c2ccccc2)c1. The second kappa shape index (κ2) is 16.2. The number of methoxy groups -OCH3 is 1. The number of piperazine rings is 1. The van der Waals surface area contributed by atoms with Crippen molar-refractivity contribution in [2.45, 2.75) is 39.5 Å². The summed E-state index contributed by atoms with van der Waals surface area (Å²) in [7, 11) is 1.59. The van der Waals surface area contributed by atoms with Crippen LogP contribution in [0.1, 0.15) is 37.9 Å². The third-order valence-electron chi connectivity index (χ3n) is 8.24. The molecule has 47 heavy (non-hydrogen) atoms. The summed E-state index contributed by atoms with van der Waals surface area (Å²) < 4.78 is 31.8. The van der Waals surface area contributed by atoms with E-state index in [1.54, 1.807) is 31.5 Å². The van der Waals surface area contributed by atoms with Crippen molar-refractivity contribution in [2.24, 2.45) is 0 Å². The number of hydrogen-bond acceptors (Lipinski definition) is 9. The van der Waals surface area contributed by atoms with Crippen LogP contribution in [0.2, 0.25) is 0 Å². The highest BCUT2D eigenvalue weighted by molar-refractivity contribution is 5.87. The quantitative estimate of drug-likeness (QED) is 0.172. The molecule has 10 nitrogen and oxygen atoms in total. The van der Waals surface area contributed by atoms with Gasteiger partial charge in [0.05, 0.1) is 13.2 Å². The first-order valence-corrected chi connectivity index (χ1v) is 15.9. The van der Waals surface area contributed by atoms with Crippen LogP contribution in [-0.2, 0) is 11.3 Å². The van der Waals surface area contributed by atoms with Gasteiger partial charge < -0.3 is 19.5 Å². The number of carbonyl (C=O) groups is 1. The molecule has 0 saturated carbocycles. The Morgan fingerprint density at radius 2 is 1.77 bits per heavy atom. The highest BCUT2D eigenvalue weighted by Crippen LogP contribution is 2.29. The van der Waals surface area contributed by atoms with Gasteiger partial charge in [-0.25, -0.2) is 14.2 Å². The van der Waals surface area contributed by atoms with Crippen LogP contribution in [0.25, 0.3) is 0 Å². The van der Waals surface area contributed by atoms with Crippen molar-refractivity contribution in [1.82, 2.24) is 19.8 Å². The normalized spacial score (nSPS) is 14.4. The van der Waals surface area contributed by atoms with Gasteiger partial charge >= 0.3 is 6.09 Å². The molecule has 1 saturated heterocycles. The Hall–Kier alpha value is -4.74. The molecule has 1 aliphatic rings. The molecular formula is C36H43FN6O4. The summed E-state index contributed by atoms with van der Waals surface area (Å²) in [5.74, 6) is 0.890. The van der Waals surface area contributed by atoms with Gasteiger partial charge in [-0.05, 0) is 62.2 Å². The van der Waals surface area contributed by atoms with E-state index >= 15 is 4.39 Å². The van der Waals surface area contributed by atoms with E-state index in [0.717, 1.165) is 43.9 Å². The van der Waals surface area contributed by atoms with Gasteiger partial charge in [-0.2, -0.15) is 4.98 Å². The highest BCUT2D eigenvalue weighted by atomic mass is 19.1. The topological polar surface area (TPSA) is 92.3 Å². The first kappa shape index (κ1) is 33.6. The van der Waals surface area contributed by atoms with Crippen LogP contribution < -0.4 is 19.7 Å². The molecule has 5 rings (SSSR count). The van der Waals surface area contributed by atoms with Crippen LogP contribution in [0, 0.1) is 5.82 Å². The molecule has 4 aromatic rings. The maximum atomic E-state index is 15.0. The van der Waals surface area contributed by atoms with Gasteiger partial charge in [-0.1, -0.05) is 42.5 Å². The van der Waals surface area contributed by atoms with Gasteiger partial charge in [0.1, 0.15) is 24.8 Å². The molecule has 1 atom stereocenters. The lowest BCUT2D eigenvalue weighted by molar-refractivity contribution is 0.0965. The Morgan fingerprint density at radius 1 is 0.979 bits per heavy atom. The number of benzene rings is 3. The molecule has 0 unspecified atom stereocenters. The fraction of sp³-hybridized carbons (Fsp3) is 0.361. The summed E-state index contributed by atoms with van der Waals surface area (Å²) in [5, 5.41) is 3.05. The number of nitrogens with zero attached hydrogens (tertiary/aromatic N) is 5. The van der Waals surface area contributed by atoms with Gasteiger partial charge in [-0.15, -0.1) is 0 Å². The van der Waals surface area contributed by atoms with Crippen molar-refractivity contribution >= 4 is 23.5 Å². The Labute approximate surface area is 276 Å². The summed E-state index contributed by atoms with van der Waals surface area (Å²) in [4.78, 5) is 28.8. The number of carbonyl (C=O) groups excluding carboxylic acids is 1. The molecule has 1 amide bonds. The number of halogens is 1. The predicted molar refractivity (Wildman–Crippen MR) is 181 cm³/mol. The maximum Gasteiger partial charge on any atom is 0.416 e. The lowest BCUT2D eigenvalue weighted by Crippen LogP contribution is -2.49. The zero-order valence-electron chi connectivity index (χ0n) is 27.4. The molecule has 1 N–H and O–H groups in total. The molecule has 1 aromatic heterocycles. The van der Waals surface area contributed by atoms with E-state index in [1.807, 2.05) is 61.5 Å². The minimum absolute atomic E-state index is 0.0483. The fourth-order valence-electron chi connectivity index (χ4n) is 5.46. The zero-order chi connectivity index (χ0) is 33.2. The molecule has 0 radical (unpaired) electrons. The zero-order valence-corrected chi connectivity index (χ0v) is 27.4. The summed E-state index contributed by atoms with van der Waals surface area (Å²) >= 11 is 0. The van der Waals surface area contributed by atoms with Crippen molar-refractivity contribution in [1.29, 1.82) is 0 Å². The summed E-state index contributed by atoms with van der Waals surface area (Å²) in [6, 6.07) is 23.4. The highest BCUT2D eigenvalue weighted by Gasteiger charge is 2.27. The van der Waals surface area contributed by atoms with Crippen molar-refractivity contribution in [2.75, 3.05) is 56.7 Å². The van der Waals surface area contributed by atoms with Gasteiger partial charge in [0.2, 0.25) is 5.95 Å². The summed E-state index contributed by atoms with van der Waals surface area (Å²) in [6.45, 7) is 11.5. The largest absolute Gasteiger partial charge is 0.497 e. The predicted octanol–water partition coefficient (Wildman–Crippen LogP) is 6.68. The number of anilines is 3. The second-order valence-electron chi connectivity index (χ2n) is 11.7. The molecule has 3 aromatic carbocycles. The van der Waals surface area contributed by atoms with E-state index in [4.69, 9.17) is 14.2 Å². The third-order valence-corrected chi connectivity index (χ3v) is 8.24. The van der Waals surface area contributed by atoms with Crippen LogP contribution in [0.4, 0.5) is 26.6 Å². The monoisotopic (exact) mass is 642 g/mol. The molecule has 1 fully saturated rings. The van der Waals surface area contributed by atoms with Crippen molar-refractivity contribution in [3.63, 3.8) is 0 Å². The number of ether oxygens (including phenoxy) is 3. The Morgan fingerprint density at radius 3 is 2.49 bits per heavy atom. The van der Waals surface area contributed by atoms with Crippen LogP contribution in [0.3, 0.4) is 0 Å². The number of nitrogens with one attached hydrogen (secondary N) is 1. The Bertz CT molecular complexity index is 1600. The molecule has 248 valence electrons. The van der Waals surface area contributed by atoms with Crippen LogP contribution in [0.5, 0.6) is 11.5 Å². The van der Waals surface area contributed by atoms with Crippen LogP contribution in [-0.4, -0.2) is 78.3 Å². The van der Waals surface area contributed by atoms with Gasteiger partial charge in [-0.3, -0.25) is 14.7 Å². The van der Waals surface area contributed by atoms with E-state index in [9.17, 15) is 4.79 Å². The fourth-order valence-corrected chi connectivity index (χ4v) is 5.46. The number of rotatable bonds is 13. The third kappa shape index (κ3) is 9.17. The van der Waals surface area contributed by atoms with Crippen LogP contribution in [0.15, 0.2) is 85.1 Å². The maximum absolute atomic E-state index is 15.0. The van der Waals surface area contributed by atoms with E-state index in [-0.39, 0.29) is 18.3 Å². The number of hydrogen-bond donors (Lipinski definition) is 1. The number of aromatic nitrogens is 2. The average molecular weight is 643 g/mol. The van der Waals surface area contributed by atoms with Crippen molar-refractivity contribution in [3.8, 4) is 11.5 Å². The Balaban J connectivity index is 1.24. The van der Waals surface area contributed by atoms with Gasteiger partial charge in [0.15, 0.2) is 11.6 Å². The molecular weight excluding hydrogens is 599 g/mol.